The molecule has 0 amide bonds. The lowest BCUT2D eigenvalue weighted by Gasteiger charge is -2.20. The third-order valence-electron chi connectivity index (χ3n) is 2.03. The van der Waals surface area contributed by atoms with Gasteiger partial charge >= 0.3 is 5.43 Å². The largest absolute Gasteiger partial charge is 0.450 e. The van der Waals surface area contributed by atoms with Gasteiger partial charge in [0.25, 0.3) is 0 Å². The van der Waals surface area contributed by atoms with E-state index < -0.39 is 5.43 Å². The summed E-state index contributed by atoms with van der Waals surface area (Å²) in [5.74, 6) is 0.405. The number of carbonyl (C=O) groups excluding carboxylic acids is 1. The van der Waals surface area contributed by atoms with Gasteiger partial charge in [0.05, 0.1) is 0 Å². The maximum atomic E-state index is 10.5. The van der Waals surface area contributed by atoms with E-state index in [9.17, 15) is 4.79 Å². The number of hydrogen-bond donors (Lipinski definition) is 0. The van der Waals surface area contributed by atoms with Crippen molar-refractivity contribution in [3.63, 3.8) is 0 Å². The lowest BCUT2D eigenvalue weighted by molar-refractivity contribution is 0.0797. The van der Waals surface area contributed by atoms with Crippen molar-refractivity contribution in [1.82, 2.24) is 0 Å². The van der Waals surface area contributed by atoms with Crippen molar-refractivity contribution in [2.75, 3.05) is 0 Å². The summed E-state index contributed by atoms with van der Waals surface area (Å²) >= 11 is 5.13. The predicted molar refractivity (Wildman–Crippen MR) is 50.5 cm³/mol. The molecule has 2 atom stereocenters. The first kappa shape index (κ1) is 11.8. The van der Waals surface area contributed by atoms with Gasteiger partial charge in [0, 0.05) is 11.6 Å². The maximum Gasteiger partial charge on any atom is 0.404 e. The summed E-state index contributed by atoms with van der Waals surface area (Å²) in [7, 11) is 0. The summed E-state index contributed by atoms with van der Waals surface area (Å²) in [5.41, 5.74) is -0.690. The zero-order valence-electron chi connectivity index (χ0n) is 7.97. The van der Waals surface area contributed by atoms with Gasteiger partial charge in [-0.15, -0.1) is 0 Å². The van der Waals surface area contributed by atoms with E-state index in [1.807, 2.05) is 6.92 Å². The van der Waals surface area contributed by atoms with Crippen LogP contribution < -0.4 is 0 Å². The summed E-state index contributed by atoms with van der Waals surface area (Å²) in [6.07, 6.45) is 3.00. The lowest BCUT2D eigenvalue weighted by Crippen LogP contribution is -2.22. The van der Waals surface area contributed by atoms with Crippen LogP contribution in [0.1, 0.15) is 40.0 Å². The molecule has 0 bridgehead atoms. The van der Waals surface area contributed by atoms with Crippen LogP contribution in [0.2, 0.25) is 0 Å². The van der Waals surface area contributed by atoms with Crippen LogP contribution >= 0.6 is 11.6 Å². The molecule has 0 aromatic carbocycles. The van der Waals surface area contributed by atoms with Crippen molar-refractivity contribution in [1.29, 1.82) is 0 Å². The van der Waals surface area contributed by atoms with Gasteiger partial charge in [0.15, 0.2) is 0 Å². The Kier molecular flexibility index (Phi) is 6.17. The van der Waals surface area contributed by atoms with Gasteiger partial charge in [-0.1, -0.05) is 27.2 Å². The first-order valence-corrected chi connectivity index (χ1v) is 4.85. The number of rotatable bonds is 5. The molecule has 0 heterocycles. The molecule has 0 aliphatic rings. The molecule has 0 N–H and O–H groups in total. The maximum absolute atomic E-state index is 10.5. The molecule has 12 heavy (non-hydrogen) atoms. The molecule has 0 saturated heterocycles. The Hall–Kier alpha value is -0.240. The van der Waals surface area contributed by atoms with Crippen LogP contribution in [0.5, 0.6) is 0 Å². The van der Waals surface area contributed by atoms with Crippen LogP contribution in [0.15, 0.2) is 0 Å². The Balaban J connectivity index is 3.86. The van der Waals surface area contributed by atoms with Crippen molar-refractivity contribution in [2.24, 2.45) is 5.92 Å². The number of carbonyl (C=O) groups is 1. The van der Waals surface area contributed by atoms with Crippen LogP contribution in [0.3, 0.4) is 0 Å². The van der Waals surface area contributed by atoms with Crippen molar-refractivity contribution >= 4 is 17.0 Å². The Morgan fingerprint density at radius 3 is 2.42 bits per heavy atom. The predicted octanol–water partition coefficient (Wildman–Crippen LogP) is 3.58. The first-order valence-electron chi connectivity index (χ1n) is 4.47. The molecule has 0 spiro atoms. The molecule has 0 saturated carbocycles. The minimum atomic E-state index is -0.690. The van der Waals surface area contributed by atoms with E-state index in [4.69, 9.17) is 16.3 Å². The van der Waals surface area contributed by atoms with E-state index in [1.54, 1.807) is 0 Å². The van der Waals surface area contributed by atoms with Crippen molar-refractivity contribution in [2.45, 2.75) is 46.1 Å². The lowest BCUT2D eigenvalue weighted by atomic mass is 9.97. The van der Waals surface area contributed by atoms with Gasteiger partial charge < -0.3 is 4.74 Å². The van der Waals surface area contributed by atoms with Crippen molar-refractivity contribution in [3.8, 4) is 0 Å². The summed E-state index contributed by atoms with van der Waals surface area (Å²) in [4.78, 5) is 10.5. The average Bonchev–Trinajstić information content (AvgIpc) is 2.00. The topological polar surface area (TPSA) is 26.3 Å². The minimum Gasteiger partial charge on any atom is -0.450 e. The Morgan fingerprint density at radius 2 is 2.08 bits per heavy atom. The second-order valence-electron chi connectivity index (χ2n) is 3.07. The molecule has 3 heteroatoms. The molecule has 72 valence electrons. The monoisotopic (exact) mass is 192 g/mol. The highest BCUT2D eigenvalue weighted by molar-refractivity contribution is 6.61. The highest BCUT2D eigenvalue weighted by Crippen LogP contribution is 2.17. The quantitative estimate of drug-likeness (QED) is 0.623. The van der Waals surface area contributed by atoms with Crippen molar-refractivity contribution in [3.05, 3.63) is 0 Å². The van der Waals surface area contributed by atoms with E-state index in [0.717, 1.165) is 19.3 Å². The van der Waals surface area contributed by atoms with E-state index in [1.165, 1.54) is 0 Å². The summed E-state index contributed by atoms with van der Waals surface area (Å²) in [6.45, 7) is 6.19. The van der Waals surface area contributed by atoms with Gasteiger partial charge in [-0.3, -0.25) is 0 Å². The van der Waals surface area contributed by atoms with Crippen LogP contribution in [-0.4, -0.2) is 11.5 Å². The fourth-order valence-electron chi connectivity index (χ4n) is 1.36. The fraction of sp³-hybridized carbons (Fsp3) is 0.889. The molecular weight excluding hydrogens is 176 g/mol. The minimum absolute atomic E-state index is 0.0186. The third kappa shape index (κ3) is 4.60. The number of halogens is 1. The highest BCUT2D eigenvalue weighted by Gasteiger charge is 2.17. The third-order valence-corrected chi connectivity index (χ3v) is 2.11. The molecule has 2 unspecified atom stereocenters. The van der Waals surface area contributed by atoms with Gasteiger partial charge in [-0.2, -0.15) is 0 Å². The van der Waals surface area contributed by atoms with Crippen LogP contribution in [0.25, 0.3) is 0 Å². The van der Waals surface area contributed by atoms with Gasteiger partial charge in [-0.25, -0.2) is 4.79 Å². The zero-order valence-corrected chi connectivity index (χ0v) is 8.73. The molecule has 0 aliphatic heterocycles. The first-order chi connectivity index (χ1) is 5.61. The molecular formula is C9H17ClO2. The summed E-state index contributed by atoms with van der Waals surface area (Å²) in [5, 5.41) is 0. The van der Waals surface area contributed by atoms with Crippen LogP contribution in [-0.2, 0) is 4.74 Å². The van der Waals surface area contributed by atoms with Crippen LogP contribution in [0.4, 0.5) is 4.79 Å². The molecule has 0 fully saturated rings. The Morgan fingerprint density at radius 1 is 1.50 bits per heavy atom. The van der Waals surface area contributed by atoms with E-state index >= 15 is 0 Å². The SMILES string of the molecule is CCCC(C)C(CC)OC(=O)Cl. The Labute approximate surface area is 79.2 Å². The zero-order chi connectivity index (χ0) is 9.56. The summed E-state index contributed by atoms with van der Waals surface area (Å²) in [6, 6.07) is 0. The van der Waals surface area contributed by atoms with E-state index in [-0.39, 0.29) is 6.10 Å². The van der Waals surface area contributed by atoms with Crippen LogP contribution in [0, 0.1) is 5.92 Å². The van der Waals surface area contributed by atoms with Crippen molar-refractivity contribution < 1.29 is 9.53 Å². The Bertz CT molecular complexity index is 136. The van der Waals surface area contributed by atoms with Gasteiger partial charge in [0.2, 0.25) is 0 Å². The smallest absolute Gasteiger partial charge is 0.404 e. The normalized spacial score (nSPS) is 15.3. The average molecular weight is 193 g/mol. The number of hydrogen-bond acceptors (Lipinski definition) is 2. The van der Waals surface area contributed by atoms with Gasteiger partial charge in [-0.05, 0) is 18.8 Å². The summed E-state index contributed by atoms with van der Waals surface area (Å²) < 4.78 is 4.94. The van der Waals surface area contributed by atoms with E-state index in [0.29, 0.717) is 5.92 Å². The van der Waals surface area contributed by atoms with E-state index in [2.05, 4.69) is 13.8 Å². The second-order valence-corrected chi connectivity index (χ2v) is 3.38. The number of ether oxygens (including phenoxy) is 1. The molecule has 0 aromatic heterocycles. The fourth-order valence-corrected chi connectivity index (χ4v) is 1.48. The van der Waals surface area contributed by atoms with Gasteiger partial charge in [0.1, 0.15) is 6.10 Å². The molecule has 2 nitrogen and oxygen atoms in total. The standard InChI is InChI=1S/C9H17ClO2/c1-4-6-7(3)8(5-2)12-9(10)11/h7-8H,4-6H2,1-3H3. The molecule has 0 rings (SSSR count). The molecule has 0 radical (unpaired) electrons. The highest BCUT2D eigenvalue weighted by atomic mass is 35.5. The molecule has 0 aromatic rings. The molecule has 0 aliphatic carbocycles. The second kappa shape index (κ2) is 6.30.